The molecule has 0 aliphatic carbocycles. The third-order valence-electron chi connectivity index (χ3n) is 0.531. The second-order valence-corrected chi connectivity index (χ2v) is 2.95. The van der Waals surface area contributed by atoms with E-state index in [2.05, 4.69) is 22.6 Å². The van der Waals surface area contributed by atoms with Crippen molar-refractivity contribution in [2.45, 2.75) is 6.92 Å². The van der Waals surface area contributed by atoms with Gasteiger partial charge in [0.25, 0.3) is 0 Å². The fourth-order valence-corrected chi connectivity index (χ4v) is 0.378. The molecule has 0 amide bonds. The molecular weight excluding hydrogens is 203 g/mol. The zero-order chi connectivity index (χ0) is 5.70. The third-order valence-corrected chi connectivity index (χ3v) is 0.972. The topological polar surface area (TPSA) is 9.23 Å². The van der Waals surface area contributed by atoms with Crippen LogP contribution in [0.4, 0.5) is 0 Å². The van der Waals surface area contributed by atoms with Gasteiger partial charge in [0.05, 0.1) is 6.61 Å². The predicted molar refractivity (Wildman–Crippen MR) is 39.7 cm³/mol. The molecule has 0 rings (SSSR count). The maximum Gasteiger partial charge on any atom is 0.0653 e. The Morgan fingerprint density at radius 1 is 1.86 bits per heavy atom. The van der Waals surface area contributed by atoms with E-state index >= 15 is 0 Å². The van der Waals surface area contributed by atoms with Crippen LogP contribution in [0.3, 0.4) is 0 Å². The molecule has 0 spiro atoms. The first-order chi connectivity index (χ1) is 3.27. The summed E-state index contributed by atoms with van der Waals surface area (Å²) in [5.41, 5.74) is 0. The van der Waals surface area contributed by atoms with Gasteiger partial charge in [0, 0.05) is 7.11 Å². The van der Waals surface area contributed by atoms with Crippen LogP contribution in [-0.4, -0.2) is 13.7 Å². The largest absolute Gasteiger partial charge is 0.381 e. The molecule has 1 nitrogen and oxygen atoms in total. The van der Waals surface area contributed by atoms with Gasteiger partial charge in [-0.25, -0.2) is 0 Å². The summed E-state index contributed by atoms with van der Waals surface area (Å²) < 4.78 is 6.05. The summed E-state index contributed by atoms with van der Waals surface area (Å²) in [6.07, 6.45) is 2.03. The van der Waals surface area contributed by atoms with E-state index in [1.807, 2.05) is 13.0 Å². The Balaban J connectivity index is 3.08. The lowest BCUT2D eigenvalue weighted by Gasteiger charge is -1.86. The molecule has 0 saturated heterocycles. The standard InChI is InChI=1S/C5H9IO/c1-5(6)3-4-7-2/h3H,4H2,1-2H3/b5-3-. The van der Waals surface area contributed by atoms with Crippen LogP contribution in [0.15, 0.2) is 9.66 Å². The first kappa shape index (κ1) is 7.43. The van der Waals surface area contributed by atoms with Crippen LogP contribution in [0.25, 0.3) is 0 Å². The van der Waals surface area contributed by atoms with Gasteiger partial charge >= 0.3 is 0 Å². The van der Waals surface area contributed by atoms with Crippen LogP contribution in [-0.2, 0) is 4.74 Å². The predicted octanol–water partition coefficient (Wildman–Crippen LogP) is 1.97. The summed E-state index contributed by atoms with van der Waals surface area (Å²) in [6, 6.07) is 0. The number of hydrogen-bond acceptors (Lipinski definition) is 1. The molecule has 0 saturated carbocycles. The van der Waals surface area contributed by atoms with E-state index < -0.39 is 0 Å². The molecule has 0 aliphatic heterocycles. The monoisotopic (exact) mass is 212 g/mol. The zero-order valence-electron chi connectivity index (χ0n) is 4.57. The molecule has 0 aromatic carbocycles. The molecule has 0 heterocycles. The Bertz CT molecular complexity index is 64.5. The van der Waals surface area contributed by atoms with Gasteiger partial charge in [-0.3, -0.25) is 0 Å². The van der Waals surface area contributed by atoms with Crippen molar-refractivity contribution in [2.75, 3.05) is 13.7 Å². The van der Waals surface area contributed by atoms with Crippen LogP contribution in [0.1, 0.15) is 6.92 Å². The highest BCUT2D eigenvalue weighted by molar-refractivity contribution is 14.1. The highest BCUT2D eigenvalue weighted by atomic mass is 127. The van der Waals surface area contributed by atoms with Crippen molar-refractivity contribution in [3.05, 3.63) is 9.66 Å². The molecule has 2 heteroatoms. The number of hydrogen-bond donors (Lipinski definition) is 0. The average Bonchev–Trinajstić information content (AvgIpc) is 1.61. The lowest BCUT2D eigenvalue weighted by molar-refractivity contribution is 0.233. The van der Waals surface area contributed by atoms with Crippen molar-refractivity contribution in [3.63, 3.8) is 0 Å². The summed E-state index contributed by atoms with van der Waals surface area (Å²) in [5, 5.41) is 0. The van der Waals surface area contributed by atoms with Gasteiger partial charge in [-0.1, -0.05) is 0 Å². The highest BCUT2D eigenvalue weighted by Crippen LogP contribution is 2.00. The Morgan fingerprint density at radius 3 is 2.57 bits per heavy atom. The Kier molecular flexibility index (Phi) is 4.87. The van der Waals surface area contributed by atoms with E-state index in [0.717, 1.165) is 6.61 Å². The molecule has 42 valence electrons. The van der Waals surface area contributed by atoms with Crippen molar-refractivity contribution in [1.29, 1.82) is 0 Å². The minimum Gasteiger partial charge on any atom is -0.381 e. The number of methoxy groups -OCH3 is 1. The minimum absolute atomic E-state index is 0.731. The second-order valence-electron chi connectivity index (χ2n) is 1.25. The van der Waals surface area contributed by atoms with Crippen LogP contribution in [0.5, 0.6) is 0 Å². The molecule has 7 heavy (non-hydrogen) atoms. The molecular formula is C5H9IO. The van der Waals surface area contributed by atoms with Crippen molar-refractivity contribution in [3.8, 4) is 0 Å². The van der Waals surface area contributed by atoms with Crippen LogP contribution in [0, 0.1) is 0 Å². The third kappa shape index (κ3) is 6.43. The summed E-state index contributed by atoms with van der Waals surface area (Å²) >= 11 is 2.25. The average molecular weight is 212 g/mol. The maximum atomic E-state index is 4.77. The summed E-state index contributed by atoms with van der Waals surface area (Å²) in [7, 11) is 1.69. The highest BCUT2D eigenvalue weighted by Gasteiger charge is 1.74. The minimum atomic E-state index is 0.731. The van der Waals surface area contributed by atoms with Gasteiger partial charge < -0.3 is 4.74 Å². The maximum absolute atomic E-state index is 4.77. The van der Waals surface area contributed by atoms with Crippen molar-refractivity contribution < 1.29 is 4.74 Å². The van der Waals surface area contributed by atoms with Gasteiger partial charge in [-0.05, 0) is 39.2 Å². The van der Waals surface area contributed by atoms with Crippen molar-refractivity contribution in [1.82, 2.24) is 0 Å². The fourth-order valence-electron chi connectivity index (χ4n) is 0.198. The number of rotatable bonds is 2. The smallest absolute Gasteiger partial charge is 0.0653 e. The normalized spacial score (nSPS) is 12.1. The quantitative estimate of drug-likeness (QED) is 0.636. The van der Waals surface area contributed by atoms with Crippen LogP contribution < -0.4 is 0 Å². The van der Waals surface area contributed by atoms with Crippen LogP contribution >= 0.6 is 22.6 Å². The molecule has 0 atom stereocenters. The van der Waals surface area contributed by atoms with Gasteiger partial charge in [0.1, 0.15) is 0 Å². The Hall–Kier alpha value is 0.430. The van der Waals surface area contributed by atoms with Gasteiger partial charge in [-0.2, -0.15) is 0 Å². The van der Waals surface area contributed by atoms with Crippen molar-refractivity contribution >= 4 is 22.6 Å². The Morgan fingerprint density at radius 2 is 2.43 bits per heavy atom. The lowest BCUT2D eigenvalue weighted by Crippen LogP contribution is -1.79. The molecule has 0 aromatic heterocycles. The van der Waals surface area contributed by atoms with Crippen LogP contribution in [0.2, 0.25) is 0 Å². The van der Waals surface area contributed by atoms with Gasteiger partial charge in [0.15, 0.2) is 0 Å². The molecule has 0 unspecified atom stereocenters. The zero-order valence-corrected chi connectivity index (χ0v) is 6.73. The van der Waals surface area contributed by atoms with Crippen molar-refractivity contribution in [2.24, 2.45) is 0 Å². The van der Waals surface area contributed by atoms with E-state index in [9.17, 15) is 0 Å². The van der Waals surface area contributed by atoms with Gasteiger partial charge in [0.2, 0.25) is 0 Å². The fraction of sp³-hybridized carbons (Fsp3) is 0.600. The number of ether oxygens (including phenoxy) is 1. The molecule has 0 aromatic rings. The Labute approximate surface area is 57.9 Å². The SMILES string of the molecule is COC/C=C(/C)I. The van der Waals surface area contributed by atoms with E-state index in [-0.39, 0.29) is 0 Å². The molecule has 0 N–H and O–H groups in total. The van der Waals surface area contributed by atoms with Gasteiger partial charge in [-0.15, -0.1) is 0 Å². The molecule has 0 radical (unpaired) electrons. The first-order valence-corrected chi connectivity index (χ1v) is 3.16. The molecule has 0 bridgehead atoms. The number of allylic oxidation sites excluding steroid dienone is 1. The lowest BCUT2D eigenvalue weighted by atomic mass is 10.6. The number of halogens is 1. The van der Waals surface area contributed by atoms with E-state index in [1.165, 1.54) is 3.58 Å². The summed E-state index contributed by atoms with van der Waals surface area (Å²) in [6.45, 7) is 2.77. The first-order valence-electron chi connectivity index (χ1n) is 2.08. The summed E-state index contributed by atoms with van der Waals surface area (Å²) in [4.78, 5) is 0. The molecule has 0 fully saturated rings. The van der Waals surface area contributed by atoms with E-state index in [4.69, 9.17) is 4.74 Å². The van der Waals surface area contributed by atoms with E-state index in [0.29, 0.717) is 0 Å². The summed E-state index contributed by atoms with van der Waals surface area (Å²) in [5.74, 6) is 0. The molecule has 0 aliphatic rings. The second kappa shape index (κ2) is 4.59. The van der Waals surface area contributed by atoms with E-state index in [1.54, 1.807) is 7.11 Å².